The monoisotopic (exact) mass is 1270 g/mol. The van der Waals surface area contributed by atoms with E-state index in [0.29, 0.717) is 32.3 Å². The number of hydrogen-bond acceptors (Lipinski definition) is 28. The molecule has 0 aromatic carbocycles. The van der Waals surface area contributed by atoms with Crippen LogP contribution in [-0.4, -0.2) is 298 Å². The first-order valence-electron chi connectivity index (χ1n) is 31.5. The van der Waals surface area contributed by atoms with E-state index >= 15 is 0 Å². The summed E-state index contributed by atoms with van der Waals surface area (Å²) in [6.45, 7) is 11.9. The van der Waals surface area contributed by atoms with Crippen molar-refractivity contribution in [3.8, 4) is 0 Å². The lowest BCUT2D eigenvalue weighted by Gasteiger charge is -2.73. The summed E-state index contributed by atoms with van der Waals surface area (Å²) in [6.07, 6.45) is -35.5. The van der Waals surface area contributed by atoms with Crippen LogP contribution < -0.4 is 0 Å². The lowest BCUT2D eigenvalue weighted by atomic mass is 9.32. The highest BCUT2D eigenvalue weighted by molar-refractivity contribution is 5.36. The topological polar surface area (TPSA) is 445 Å². The minimum absolute atomic E-state index is 0.0164. The van der Waals surface area contributed by atoms with Crippen molar-refractivity contribution in [2.24, 2.45) is 50.2 Å². The lowest BCUT2D eigenvalue weighted by molar-refractivity contribution is -0.399. The van der Waals surface area contributed by atoms with E-state index in [1.807, 2.05) is 6.92 Å². The predicted octanol–water partition coefficient (Wildman–Crippen LogP) is -4.75. The van der Waals surface area contributed by atoms with Gasteiger partial charge in [0.1, 0.15) is 116 Å². The Labute approximate surface area is 510 Å². The molecule has 506 valence electrons. The van der Waals surface area contributed by atoms with Crippen LogP contribution in [0.4, 0.5) is 0 Å². The predicted molar refractivity (Wildman–Crippen MR) is 295 cm³/mol. The van der Waals surface area contributed by atoms with Crippen molar-refractivity contribution in [1.29, 1.82) is 0 Å². The van der Waals surface area contributed by atoms with Crippen molar-refractivity contribution in [3.05, 3.63) is 12.2 Å². The number of aliphatic hydroxyl groups excluding tert-OH is 17. The fourth-order valence-electron chi connectivity index (χ4n) is 18.6. The Balaban J connectivity index is 0.835. The Kier molecular flexibility index (Phi) is 19.1. The molecule has 6 saturated heterocycles. The Morgan fingerprint density at radius 3 is 1.59 bits per heavy atom. The fourth-order valence-corrected chi connectivity index (χ4v) is 18.6. The maximum Gasteiger partial charge on any atom is 0.187 e. The number of ether oxygens (including phenoxy) is 11. The van der Waals surface area contributed by atoms with Crippen molar-refractivity contribution in [3.63, 3.8) is 0 Å². The van der Waals surface area contributed by atoms with Gasteiger partial charge >= 0.3 is 0 Å². The van der Waals surface area contributed by atoms with Gasteiger partial charge < -0.3 is 139 Å². The van der Waals surface area contributed by atoms with Crippen LogP contribution >= 0.6 is 0 Å². The first kappa shape index (κ1) is 68.0. The van der Waals surface area contributed by atoms with Gasteiger partial charge in [0, 0.05) is 22.2 Å². The maximum absolute atomic E-state index is 12.4. The molecule has 0 amide bonds. The molecule has 11 rings (SSSR count). The van der Waals surface area contributed by atoms with Crippen LogP contribution in [-0.2, 0) is 52.1 Å². The number of allylic oxidation sites excluding steroid dienone is 1. The number of rotatable bonds is 15. The molecule has 11 aliphatic rings. The molecule has 36 atom stereocenters. The highest BCUT2D eigenvalue weighted by atomic mass is 16.8. The second kappa shape index (κ2) is 24.7. The average molecular weight is 1270 g/mol. The number of hydrogen-bond donors (Lipinski definition) is 17. The Hall–Kier alpha value is -1.38. The number of aliphatic hydroxyl groups is 17. The molecule has 6 heterocycles. The van der Waals surface area contributed by atoms with E-state index in [9.17, 15) is 86.8 Å². The van der Waals surface area contributed by atoms with Gasteiger partial charge in [-0.1, -0.05) is 53.7 Å². The van der Waals surface area contributed by atoms with Crippen LogP contribution in [0.3, 0.4) is 0 Å². The molecule has 88 heavy (non-hydrogen) atoms. The standard InChI is InChI=1S/C60H98O28/c1-24-34(66)47(87-52-44(76)40(72)37(69)28(84-52)21-78-49-45(77)41(73)46(27(20-63)83-49)86-50-42(74)38(70)35(67)25(18-61)81-50)48(88-51-43(75)39(71)36(68)26(19-62)82-51)53(80-24)85-33-10-11-55(4)29(56(33,5)22-64)8-12-57(6)30(55)9-13-60-31-16-54(2,3)14-15-59(31,23-79-60)32(65)17-58(57,60)7/h9,13,24-53,61-77H,8,10-12,14-23H2,1-7H3. The van der Waals surface area contributed by atoms with Gasteiger partial charge in [-0.3, -0.25) is 0 Å². The number of fused-ring (bicyclic) bond motifs is 4. The molecular weight excluding hydrogens is 1170 g/mol. The third-order valence-electron chi connectivity index (χ3n) is 24.2. The van der Waals surface area contributed by atoms with Crippen molar-refractivity contribution in [1.82, 2.24) is 0 Å². The SMILES string of the molecule is CC1OC(OC2CCC3(C)C(CCC4(C)C3C=CC35OCC6(CCC(C)(C)CC63)C(O)CC45C)C2(C)CO)C(OC2OC(CO)C(O)C(O)C2O)C(OC2OC(COC3OC(CO)C(OC4OC(CO)C(O)C(O)C4O)C(O)C3O)C(O)C(O)C2O)C1O. The molecule has 4 saturated carbocycles. The highest BCUT2D eigenvalue weighted by Crippen LogP contribution is 2.79. The summed E-state index contributed by atoms with van der Waals surface area (Å²) >= 11 is 0. The van der Waals surface area contributed by atoms with E-state index in [1.54, 1.807) is 0 Å². The van der Waals surface area contributed by atoms with E-state index in [2.05, 4.69) is 46.8 Å². The van der Waals surface area contributed by atoms with Crippen LogP contribution in [0.1, 0.15) is 99.8 Å². The molecule has 10 fully saturated rings. The van der Waals surface area contributed by atoms with Crippen molar-refractivity contribution in [2.75, 3.05) is 39.6 Å². The van der Waals surface area contributed by atoms with Crippen LogP contribution in [0.25, 0.3) is 0 Å². The van der Waals surface area contributed by atoms with Gasteiger partial charge in [0.05, 0.1) is 63.6 Å². The first-order chi connectivity index (χ1) is 41.4. The molecule has 1 spiro atoms. The third kappa shape index (κ3) is 10.6. The van der Waals surface area contributed by atoms with Gasteiger partial charge in [-0.25, -0.2) is 0 Å². The molecule has 2 bridgehead atoms. The molecule has 5 aliphatic carbocycles. The quantitative estimate of drug-likeness (QED) is 0.0541. The molecule has 28 nitrogen and oxygen atoms in total. The Morgan fingerprint density at radius 2 is 1.01 bits per heavy atom. The minimum atomic E-state index is -2.09. The second-order valence-electron chi connectivity index (χ2n) is 29.4. The zero-order valence-corrected chi connectivity index (χ0v) is 51.0. The Bertz CT molecular complexity index is 2440. The van der Waals surface area contributed by atoms with Gasteiger partial charge in [-0.2, -0.15) is 0 Å². The van der Waals surface area contributed by atoms with Gasteiger partial charge in [0.25, 0.3) is 0 Å². The molecule has 17 N–H and O–H groups in total. The van der Waals surface area contributed by atoms with E-state index in [-0.39, 0.29) is 40.6 Å². The maximum atomic E-state index is 12.4. The van der Waals surface area contributed by atoms with Crippen LogP contribution in [0, 0.1) is 50.2 Å². The summed E-state index contributed by atoms with van der Waals surface area (Å²) in [5, 5.41) is 187. The van der Waals surface area contributed by atoms with Crippen LogP contribution in [0.2, 0.25) is 0 Å². The van der Waals surface area contributed by atoms with E-state index < -0.39 is 214 Å². The lowest BCUT2D eigenvalue weighted by Crippen LogP contribution is -2.72. The summed E-state index contributed by atoms with van der Waals surface area (Å²) < 4.78 is 67.8. The van der Waals surface area contributed by atoms with Crippen molar-refractivity contribution >= 4 is 0 Å². The largest absolute Gasteiger partial charge is 0.396 e. The van der Waals surface area contributed by atoms with Crippen molar-refractivity contribution < 1.29 is 139 Å². The molecule has 0 aromatic rings. The Morgan fingerprint density at radius 1 is 0.477 bits per heavy atom. The summed E-state index contributed by atoms with van der Waals surface area (Å²) in [6, 6.07) is 0. The zero-order chi connectivity index (χ0) is 63.9. The molecule has 6 aliphatic heterocycles. The zero-order valence-electron chi connectivity index (χ0n) is 51.0. The summed E-state index contributed by atoms with van der Waals surface area (Å²) in [5.41, 5.74) is -3.03. The van der Waals surface area contributed by atoms with Gasteiger partial charge in [0.15, 0.2) is 31.5 Å². The summed E-state index contributed by atoms with van der Waals surface area (Å²) in [4.78, 5) is 0. The molecular formula is C60H98O28. The van der Waals surface area contributed by atoms with E-state index in [0.717, 1.165) is 25.7 Å². The first-order valence-corrected chi connectivity index (χ1v) is 31.5. The molecule has 0 aromatic heterocycles. The third-order valence-corrected chi connectivity index (χ3v) is 24.2. The van der Waals surface area contributed by atoms with Gasteiger partial charge in [-0.05, 0) is 86.4 Å². The summed E-state index contributed by atoms with van der Waals surface area (Å²) in [7, 11) is 0. The van der Waals surface area contributed by atoms with Gasteiger partial charge in [-0.15, -0.1) is 0 Å². The molecule has 0 radical (unpaired) electrons. The summed E-state index contributed by atoms with van der Waals surface area (Å²) in [5.74, 6) is -0.0605. The smallest absolute Gasteiger partial charge is 0.187 e. The van der Waals surface area contributed by atoms with Gasteiger partial charge in [0.2, 0.25) is 0 Å². The second-order valence-corrected chi connectivity index (χ2v) is 29.4. The van der Waals surface area contributed by atoms with E-state index in [1.165, 1.54) is 6.92 Å². The molecule has 28 heteroatoms. The molecule has 36 unspecified atom stereocenters. The van der Waals surface area contributed by atoms with Crippen molar-refractivity contribution in [2.45, 2.75) is 271 Å². The minimum Gasteiger partial charge on any atom is -0.396 e. The van der Waals surface area contributed by atoms with E-state index in [4.69, 9.17) is 52.1 Å². The average Bonchev–Trinajstić information content (AvgIpc) is 1.32. The fraction of sp³-hybridized carbons (Fsp3) is 0.967. The van der Waals surface area contributed by atoms with Crippen LogP contribution in [0.15, 0.2) is 12.2 Å². The normalized spacial score (nSPS) is 57.6. The highest BCUT2D eigenvalue weighted by Gasteiger charge is 2.79. The van der Waals surface area contributed by atoms with Crippen LogP contribution in [0.5, 0.6) is 0 Å².